The number of nitrogens with zero attached hydrogens (tertiary/aromatic N) is 3. The van der Waals surface area contributed by atoms with Crippen LogP contribution in [0.2, 0.25) is 5.02 Å². The molecule has 1 aromatic heterocycles. The largest absolute Gasteiger partial charge is 0.417 e. The molecule has 3 nitrogen and oxygen atoms in total. The Morgan fingerprint density at radius 2 is 1.73 bits per heavy atom. The van der Waals surface area contributed by atoms with E-state index in [4.69, 9.17) is 16.6 Å². The van der Waals surface area contributed by atoms with Crippen molar-refractivity contribution in [3.8, 4) is 0 Å². The van der Waals surface area contributed by atoms with E-state index in [0.717, 1.165) is 42.8 Å². The summed E-state index contributed by atoms with van der Waals surface area (Å²) in [5.74, 6) is 0. The first-order valence-electron chi connectivity index (χ1n) is 9.70. The van der Waals surface area contributed by atoms with Crippen LogP contribution >= 0.6 is 22.9 Å². The van der Waals surface area contributed by atoms with Crippen molar-refractivity contribution in [2.24, 2.45) is 0 Å². The van der Waals surface area contributed by atoms with Crippen molar-refractivity contribution in [1.82, 2.24) is 9.88 Å². The van der Waals surface area contributed by atoms with Gasteiger partial charge in [-0.3, -0.25) is 4.90 Å². The zero-order chi connectivity index (χ0) is 21.1. The number of anilines is 1. The third-order valence-electron chi connectivity index (χ3n) is 5.18. The maximum absolute atomic E-state index is 13.1. The first-order chi connectivity index (χ1) is 14.4. The number of aromatic nitrogens is 1. The van der Waals surface area contributed by atoms with Crippen LogP contribution in [-0.2, 0) is 19.1 Å². The van der Waals surface area contributed by atoms with Gasteiger partial charge in [-0.1, -0.05) is 41.9 Å². The van der Waals surface area contributed by atoms with E-state index in [9.17, 15) is 13.2 Å². The predicted octanol–water partition coefficient (Wildman–Crippen LogP) is 5.73. The summed E-state index contributed by atoms with van der Waals surface area (Å²) in [6.45, 7) is 3.64. The van der Waals surface area contributed by atoms with Gasteiger partial charge in [0.1, 0.15) is 0 Å². The molecular weight excluding hydrogens is 431 g/mol. The number of hydrogen-bond donors (Lipinski definition) is 0. The van der Waals surface area contributed by atoms with E-state index >= 15 is 0 Å². The zero-order valence-electron chi connectivity index (χ0n) is 16.2. The standard InChI is InChI=1S/C22H21ClF3N3S/c23-20-7-6-18(13-19(20)22(24,25)26)29-10-8-28(9-11-29)14-17-15-30-21(27-17)12-16-4-2-1-3-5-16/h1-7,13,15H,8-12,14H2. The summed E-state index contributed by atoms with van der Waals surface area (Å²) in [5.41, 5.74) is 2.07. The maximum atomic E-state index is 13.1. The van der Waals surface area contributed by atoms with Crippen LogP contribution in [0, 0.1) is 0 Å². The molecule has 30 heavy (non-hydrogen) atoms. The fourth-order valence-corrected chi connectivity index (χ4v) is 4.64. The maximum Gasteiger partial charge on any atom is 0.417 e. The molecule has 0 aliphatic carbocycles. The summed E-state index contributed by atoms with van der Waals surface area (Å²) in [4.78, 5) is 9.01. The normalized spacial score (nSPS) is 15.5. The summed E-state index contributed by atoms with van der Waals surface area (Å²) in [6, 6.07) is 14.4. The van der Waals surface area contributed by atoms with Crippen molar-refractivity contribution < 1.29 is 13.2 Å². The van der Waals surface area contributed by atoms with E-state index in [2.05, 4.69) is 22.4 Å². The highest BCUT2D eigenvalue weighted by Gasteiger charge is 2.34. The van der Waals surface area contributed by atoms with E-state index in [0.29, 0.717) is 18.8 Å². The molecule has 0 radical (unpaired) electrons. The van der Waals surface area contributed by atoms with E-state index < -0.39 is 11.7 Å². The van der Waals surface area contributed by atoms with E-state index in [1.807, 2.05) is 23.1 Å². The molecule has 4 rings (SSSR count). The Balaban J connectivity index is 1.33. The molecule has 0 spiro atoms. The van der Waals surface area contributed by atoms with Gasteiger partial charge in [-0.2, -0.15) is 13.2 Å². The van der Waals surface area contributed by atoms with Crippen molar-refractivity contribution in [3.05, 3.63) is 80.8 Å². The fourth-order valence-electron chi connectivity index (χ4n) is 3.59. The van der Waals surface area contributed by atoms with Crippen LogP contribution in [0.5, 0.6) is 0 Å². The number of halogens is 4. The number of thiazole rings is 1. The first kappa shape index (κ1) is 21.2. The lowest BCUT2D eigenvalue weighted by molar-refractivity contribution is -0.137. The lowest BCUT2D eigenvalue weighted by Crippen LogP contribution is -2.46. The lowest BCUT2D eigenvalue weighted by Gasteiger charge is -2.36. The zero-order valence-corrected chi connectivity index (χ0v) is 17.8. The Morgan fingerprint density at radius 1 is 1.00 bits per heavy atom. The van der Waals surface area contributed by atoms with Gasteiger partial charge < -0.3 is 4.90 Å². The average molecular weight is 452 g/mol. The molecule has 0 saturated carbocycles. The minimum Gasteiger partial charge on any atom is -0.369 e. The fraction of sp³-hybridized carbons (Fsp3) is 0.318. The highest BCUT2D eigenvalue weighted by atomic mass is 35.5. The van der Waals surface area contributed by atoms with Crippen molar-refractivity contribution in [3.63, 3.8) is 0 Å². The molecule has 1 aliphatic heterocycles. The van der Waals surface area contributed by atoms with Gasteiger partial charge in [0.2, 0.25) is 0 Å². The molecule has 2 aromatic carbocycles. The highest BCUT2D eigenvalue weighted by Crippen LogP contribution is 2.37. The van der Waals surface area contributed by atoms with Gasteiger partial charge in [0.05, 0.1) is 21.3 Å². The van der Waals surface area contributed by atoms with Gasteiger partial charge >= 0.3 is 6.18 Å². The summed E-state index contributed by atoms with van der Waals surface area (Å²) in [6.07, 6.45) is -3.62. The monoisotopic (exact) mass is 451 g/mol. The van der Waals surface area contributed by atoms with Crippen LogP contribution in [0.3, 0.4) is 0 Å². The van der Waals surface area contributed by atoms with Gasteiger partial charge in [-0.25, -0.2) is 4.98 Å². The predicted molar refractivity (Wildman–Crippen MR) is 115 cm³/mol. The molecule has 8 heteroatoms. The van der Waals surface area contributed by atoms with Crippen molar-refractivity contribution in [1.29, 1.82) is 0 Å². The summed E-state index contributed by atoms with van der Waals surface area (Å²) < 4.78 is 39.4. The van der Waals surface area contributed by atoms with E-state index in [1.165, 1.54) is 11.6 Å². The Labute approximate surface area is 182 Å². The van der Waals surface area contributed by atoms with Gasteiger partial charge in [0.15, 0.2) is 0 Å². The molecular formula is C22H21ClF3N3S. The first-order valence-corrected chi connectivity index (χ1v) is 11.0. The number of benzene rings is 2. The second-order valence-corrected chi connectivity index (χ2v) is 8.67. The second kappa shape index (κ2) is 8.96. The van der Waals surface area contributed by atoms with E-state index in [-0.39, 0.29) is 5.02 Å². The SMILES string of the molecule is FC(F)(F)c1cc(N2CCN(Cc3csc(Cc4ccccc4)n3)CC2)ccc1Cl. The average Bonchev–Trinajstić information content (AvgIpc) is 3.15. The number of rotatable bonds is 5. The van der Waals surface area contributed by atoms with Crippen LogP contribution in [-0.4, -0.2) is 36.1 Å². The molecule has 158 valence electrons. The van der Waals surface area contributed by atoms with Crippen molar-refractivity contribution in [2.45, 2.75) is 19.1 Å². The Bertz CT molecular complexity index is 983. The number of hydrogen-bond acceptors (Lipinski definition) is 4. The molecule has 0 N–H and O–H groups in total. The smallest absolute Gasteiger partial charge is 0.369 e. The topological polar surface area (TPSA) is 19.4 Å². The molecule has 1 aliphatic rings. The Morgan fingerprint density at radius 3 is 2.43 bits per heavy atom. The summed E-state index contributed by atoms with van der Waals surface area (Å²) in [7, 11) is 0. The van der Waals surface area contributed by atoms with Crippen LogP contribution < -0.4 is 4.90 Å². The van der Waals surface area contributed by atoms with Crippen LogP contribution in [0.15, 0.2) is 53.9 Å². The Hall–Kier alpha value is -2.09. The van der Waals surface area contributed by atoms with Gasteiger partial charge in [-0.05, 0) is 23.8 Å². The lowest BCUT2D eigenvalue weighted by atomic mass is 10.1. The molecule has 0 amide bonds. The third kappa shape index (κ3) is 5.14. The van der Waals surface area contributed by atoms with Gasteiger partial charge in [0, 0.05) is 50.2 Å². The minimum atomic E-state index is -4.45. The number of alkyl halides is 3. The molecule has 2 heterocycles. The van der Waals surface area contributed by atoms with Gasteiger partial charge in [-0.15, -0.1) is 11.3 Å². The quantitative estimate of drug-likeness (QED) is 0.494. The van der Waals surface area contributed by atoms with Crippen LogP contribution in [0.1, 0.15) is 21.8 Å². The number of piperazine rings is 1. The van der Waals surface area contributed by atoms with Crippen LogP contribution in [0.25, 0.3) is 0 Å². The van der Waals surface area contributed by atoms with Crippen LogP contribution in [0.4, 0.5) is 18.9 Å². The molecule has 1 saturated heterocycles. The molecule has 1 fully saturated rings. The molecule has 0 atom stereocenters. The van der Waals surface area contributed by atoms with Crippen molar-refractivity contribution >= 4 is 28.6 Å². The van der Waals surface area contributed by atoms with Crippen molar-refractivity contribution in [2.75, 3.05) is 31.1 Å². The molecule has 0 unspecified atom stereocenters. The Kier molecular flexibility index (Phi) is 6.32. The second-order valence-electron chi connectivity index (χ2n) is 7.32. The third-order valence-corrected chi connectivity index (χ3v) is 6.40. The summed E-state index contributed by atoms with van der Waals surface area (Å²) >= 11 is 7.40. The molecule has 0 bridgehead atoms. The van der Waals surface area contributed by atoms with E-state index in [1.54, 1.807) is 17.4 Å². The minimum absolute atomic E-state index is 0.264. The highest BCUT2D eigenvalue weighted by molar-refractivity contribution is 7.09. The van der Waals surface area contributed by atoms with Gasteiger partial charge in [0.25, 0.3) is 0 Å². The summed E-state index contributed by atoms with van der Waals surface area (Å²) in [5, 5.41) is 2.93. The molecule has 3 aromatic rings.